The maximum absolute atomic E-state index is 13.2. The number of para-hydroxylation sites is 1. The molecule has 4 rings (SSSR count). The maximum Gasteiger partial charge on any atom is 0.338 e. The molecule has 0 radical (unpaired) electrons. The zero-order chi connectivity index (χ0) is 23.4. The van der Waals surface area contributed by atoms with Crippen molar-refractivity contribution < 1.29 is 22.7 Å². The Hall–Kier alpha value is -2.42. The second-order valence-corrected chi connectivity index (χ2v) is 10.6. The average molecular weight is 491 g/mol. The molecule has 0 aliphatic carbocycles. The number of nitrogens with zero attached hydrogens (tertiary/aromatic N) is 2. The highest BCUT2D eigenvalue weighted by atomic mass is 35.5. The van der Waals surface area contributed by atoms with E-state index in [2.05, 4.69) is 0 Å². The topological polar surface area (TPSA) is 84.0 Å². The number of anilines is 1. The van der Waals surface area contributed by atoms with E-state index in [1.807, 2.05) is 24.3 Å². The first kappa shape index (κ1) is 23.7. The van der Waals surface area contributed by atoms with E-state index in [4.69, 9.17) is 16.3 Å². The summed E-state index contributed by atoms with van der Waals surface area (Å²) in [7, 11) is -3.84. The highest BCUT2D eigenvalue weighted by Gasteiger charge is 2.29. The fourth-order valence-electron chi connectivity index (χ4n) is 4.33. The van der Waals surface area contributed by atoms with E-state index in [0.29, 0.717) is 19.6 Å². The van der Waals surface area contributed by atoms with Crippen molar-refractivity contribution in [2.24, 2.45) is 0 Å². The van der Waals surface area contributed by atoms with Gasteiger partial charge in [0.1, 0.15) is 4.90 Å². The molecule has 0 spiro atoms. The zero-order valence-corrected chi connectivity index (χ0v) is 19.9. The Morgan fingerprint density at radius 1 is 0.939 bits per heavy atom. The number of fused-ring (bicyclic) bond motifs is 1. The Labute approximate surface area is 199 Å². The van der Waals surface area contributed by atoms with Crippen LogP contribution in [0.5, 0.6) is 0 Å². The summed E-state index contributed by atoms with van der Waals surface area (Å²) in [5, 5.41) is 0.0526. The van der Waals surface area contributed by atoms with Crippen LogP contribution in [0.25, 0.3) is 0 Å². The van der Waals surface area contributed by atoms with Gasteiger partial charge < -0.3 is 9.64 Å². The number of rotatable bonds is 5. The monoisotopic (exact) mass is 490 g/mol. The third-order valence-electron chi connectivity index (χ3n) is 6.09. The van der Waals surface area contributed by atoms with E-state index >= 15 is 0 Å². The number of sulfonamides is 1. The van der Waals surface area contributed by atoms with E-state index in [0.717, 1.165) is 49.8 Å². The standard InChI is InChI=1S/C24H27ClN2O5S/c25-20-12-11-19(16-22(20)33(30,31)26-13-5-1-2-6-14-26)24(29)32-17-23(28)27-15-7-9-18-8-3-4-10-21(18)27/h3-4,8,10-12,16H,1-2,5-7,9,13-15,17H2. The van der Waals surface area contributed by atoms with Crippen molar-refractivity contribution in [2.75, 3.05) is 31.1 Å². The first-order valence-corrected chi connectivity index (χ1v) is 13.0. The third kappa shape index (κ3) is 5.23. The average Bonchev–Trinajstić information content (AvgIpc) is 3.12. The lowest BCUT2D eigenvalue weighted by Gasteiger charge is -2.29. The summed E-state index contributed by atoms with van der Waals surface area (Å²) in [6, 6.07) is 11.7. The quantitative estimate of drug-likeness (QED) is 0.590. The smallest absolute Gasteiger partial charge is 0.338 e. The summed E-state index contributed by atoms with van der Waals surface area (Å²) in [5.41, 5.74) is 1.96. The lowest BCUT2D eigenvalue weighted by atomic mass is 10.0. The molecule has 2 aliphatic heterocycles. The molecule has 0 N–H and O–H groups in total. The number of carbonyl (C=O) groups is 2. The molecule has 1 saturated heterocycles. The fraction of sp³-hybridized carbons (Fsp3) is 0.417. The Morgan fingerprint density at radius 3 is 2.42 bits per heavy atom. The number of amides is 1. The molecule has 0 atom stereocenters. The molecule has 33 heavy (non-hydrogen) atoms. The Balaban J connectivity index is 1.47. The molecule has 0 bridgehead atoms. The molecule has 2 aromatic rings. The highest BCUT2D eigenvalue weighted by Crippen LogP contribution is 2.29. The van der Waals surface area contributed by atoms with Gasteiger partial charge in [0.25, 0.3) is 5.91 Å². The summed E-state index contributed by atoms with van der Waals surface area (Å²) in [5.74, 6) is -1.08. The van der Waals surface area contributed by atoms with Crippen molar-refractivity contribution >= 4 is 39.2 Å². The fourth-order valence-corrected chi connectivity index (χ4v) is 6.35. The summed E-state index contributed by atoms with van der Waals surface area (Å²) in [6.45, 7) is 0.995. The van der Waals surface area contributed by atoms with Crippen LogP contribution in [0.4, 0.5) is 5.69 Å². The molecular formula is C24H27ClN2O5S. The number of hydrogen-bond acceptors (Lipinski definition) is 5. The van der Waals surface area contributed by atoms with Crippen LogP contribution in [-0.4, -0.2) is 50.8 Å². The minimum atomic E-state index is -3.84. The first-order chi connectivity index (χ1) is 15.9. The summed E-state index contributed by atoms with van der Waals surface area (Å²) in [6.07, 6.45) is 5.30. The molecule has 1 amide bonds. The molecule has 0 aromatic heterocycles. The van der Waals surface area contributed by atoms with Crippen molar-refractivity contribution in [1.29, 1.82) is 0 Å². The zero-order valence-electron chi connectivity index (χ0n) is 18.3. The van der Waals surface area contributed by atoms with Crippen LogP contribution in [0.15, 0.2) is 47.4 Å². The molecule has 2 aliphatic rings. The molecule has 2 heterocycles. The SMILES string of the molecule is O=C(OCC(=O)N1CCCc2ccccc21)c1ccc(Cl)c(S(=O)(=O)N2CCCCCC2)c1. The van der Waals surface area contributed by atoms with E-state index in [9.17, 15) is 18.0 Å². The second-order valence-electron chi connectivity index (χ2n) is 8.32. The molecule has 9 heteroatoms. The minimum absolute atomic E-state index is 0.0413. The summed E-state index contributed by atoms with van der Waals surface area (Å²) < 4.78 is 33.0. The van der Waals surface area contributed by atoms with Gasteiger partial charge in [-0.3, -0.25) is 4.79 Å². The Bertz CT molecular complexity index is 1140. The van der Waals surface area contributed by atoms with Gasteiger partial charge in [-0.15, -0.1) is 0 Å². The van der Waals surface area contributed by atoms with Crippen LogP contribution in [0.1, 0.15) is 48.0 Å². The lowest BCUT2D eigenvalue weighted by Crippen LogP contribution is -2.38. The van der Waals surface area contributed by atoms with Gasteiger partial charge in [-0.05, 0) is 55.5 Å². The second kappa shape index (κ2) is 10.2. The van der Waals surface area contributed by atoms with E-state index in [-0.39, 0.29) is 21.4 Å². The van der Waals surface area contributed by atoms with Crippen molar-refractivity contribution in [2.45, 2.75) is 43.4 Å². The molecular weight excluding hydrogens is 464 g/mol. The van der Waals surface area contributed by atoms with Gasteiger partial charge >= 0.3 is 5.97 Å². The normalized spacial score (nSPS) is 17.2. The van der Waals surface area contributed by atoms with Crippen molar-refractivity contribution in [1.82, 2.24) is 4.31 Å². The summed E-state index contributed by atoms with van der Waals surface area (Å²) >= 11 is 6.20. The van der Waals surface area contributed by atoms with Crippen LogP contribution in [0.2, 0.25) is 5.02 Å². The molecule has 0 saturated carbocycles. The number of hydrogen-bond donors (Lipinski definition) is 0. The molecule has 1 fully saturated rings. The molecule has 2 aromatic carbocycles. The van der Waals surface area contributed by atoms with Gasteiger partial charge in [-0.1, -0.05) is 42.6 Å². The Kier molecular flexibility index (Phi) is 7.36. The largest absolute Gasteiger partial charge is 0.452 e. The van der Waals surface area contributed by atoms with Crippen molar-refractivity contribution in [3.63, 3.8) is 0 Å². The van der Waals surface area contributed by atoms with Gasteiger partial charge in [-0.25, -0.2) is 13.2 Å². The highest BCUT2D eigenvalue weighted by molar-refractivity contribution is 7.89. The summed E-state index contributed by atoms with van der Waals surface area (Å²) in [4.78, 5) is 26.9. The van der Waals surface area contributed by atoms with E-state index < -0.39 is 22.6 Å². The van der Waals surface area contributed by atoms with E-state index in [1.165, 1.54) is 22.5 Å². The van der Waals surface area contributed by atoms with Gasteiger partial charge in [0, 0.05) is 25.3 Å². The van der Waals surface area contributed by atoms with Gasteiger partial charge in [0.05, 0.1) is 10.6 Å². The van der Waals surface area contributed by atoms with Crippen molar-refractivity contribution in [3.05, 3.63) is 58.6 Å². The minimum Gasteiger partial charge on any atom is -0.452 e. The number of aryl methyl sites for hydroxylation is 1. The predicted molar refractivity (Wildman–Crippen MR) is 126 cm³/mol. The first-order valence-electron chi connectivity index (χ1n) is 11.2. The third-order valence-corrected chi connectivity index (χ3v) is 8.47. The van der Waals surface area contributed by atoms with Gasteiger partial charge in [-0.2, -0.15) is 4.31 Å². The molecule has 176 valence electrons. The van der Waals surface area contributed by atoms with Gasteiger partial charge in [0.15, 0.2) is 6.61 Å². The predicted octanol–water partition coefficient (Wildman–Crippen LogP) is 4.04. The van der Waals surface area contributed by atoms with Gasteiger partial charge in [0.2, 0.25) is 10.0 Å². The van der Waals surface area contributed by atoms with Crippen LogP contribution in [0, 0.1) is 0 Å². The number of benzene rings is 2. The maximum atomic E-state index is 13.2. The Morgan fingerprint density at radius 2 is 1.67 bits per heavy atom. The van der Waals surface area contributed by atoms with Crippen LogP contribution >= 0.6 is 11.6 Å². The number of halogens is 1. The molecule has 7 nitrogen and oxygen atoms in total. The number of ether oxygens (including phenoxy) is 1. The molecule has 0 unspecified atom stereocenters. The lowest BCUT2D eigenvalue weighted by molar-refractivity contribution is -0.121. The van der Waals surface area contributed by atoms with E-state index in [1.54, 1.807) is 4.90 Å². The van der Waals surface area contributed by atoms with Crippen molar-refractivity contribution in [3.8, 4) is 0 Å². The van der Waals surface area contributed by atoms with Crippen LogP contribution < -0.4 is 4.90 Å². The van der Waals surface area contributed by atoms with Crippen LogP contribution in [-0.2, 0) is 26.0 Å². The van der Waals surface area contributed by atoms with Crippen LogP contribution in [0.3, 0.4) is 0 Å². The number of esters is 1. The number of carbonyl (C=O) groups excluding carboxylic acids is 2.